The Morgan fingerprint density at radius 1 is 1.36 bits per heavy atom. The SMILES string of the molecule is Cc1ccc(-c2ccc(C#N)s2)cc1NC(=O)c1cc(CN)nn1C. The molecule has 3 aromatic rings. The number of benzene rings is 1. The lowest BCUT2D eigenvalue weighted by atomic mass is 10.1. The number of amides is 1. The van der Waals surface area contributed by atoms with Gasteiger partial charge < -0.3 is 11.1 Å². The third-order valence-corrected chi connectivity index (χ3v) is 4.90. The van der Waals surface area contributed by atoms with Gasteiger partial charge in [0.05, 0.1) is 5.69 Å². The molecule has 0 aliphatic heterocycles. The molecule has 0 bridgehead atoms. The zero-order chi connectivity index (χ0) is 18.0. The van der Waals surface area contributed by atoms with E-state index in [2.05, 4.69) is 16.5 Å². The summed E-state index contributed by atoms with van der Waals surface area (Å²) < 4.78 is 1.52. The third-order valence-electron chi connectivity index (χ3n) is 3.86. The van der Waals surface area contributed by atoms with Crippen molar-refractivity contribution in [2.24, 2.45) is 12.8 Å². The molecule has 0 saturated heterocycles. The average Bonchev–Trinajstić information content (AvgIpc) is 3.23. The number of nitrogens with two attached hydrogens (primary N) is 1. The molecule has 0 fully saturated rings. The number of thiophene rings is 1. The van der Waals surface area contributed by atoms with Crippen molar-refractivity contribution in [3.8, 4) is 16.5 Å². The standard InChI is InChI=1S/C18H17N5OS/c1-11-3-4-12(17-6-5-14(10-20)25-17)7-15(11)21-18(24)16-8-13(9-19)22-23(16)2/h3-8H,9,19H2,1-2H3,(H,21,24). The molecular formula is C18H17N5OS. The number of rotatable bonds is 4. The van der Waals surface area contributed by atoms with E-state index >= 15 is 0 Å². The van der Waals surface area contributed by atoms with Crippen LogP contribution in [0.2, 0.25) is 0 Å². The number of anilines is 1. The van der Waals surface area contributed by atoms with E-state index in [0.29, 0.717) is 16.3 Å². The number of aromatic nitrogens is 2. The Hall–Kier alpha value is -2.95. The number of nitriles is 1. The highest BCUT2D eigenvalue weighted by Crippen LogP contribution is 2.31. The molecule has 0 spiro atoms. The molecule has 0 radical (unpaired) electrons. The number of hydrogen-bond donors (Lipinski definition) is 2. The first kappa shape index (κ1) is 16.9. The van der Waals surface area contributed by atoms with Gasteiger partial charge in [-0.25, -0.2) is 0 Å². The lowest BCUT2D eigenvalue weighted by molar-refractivity contribution is 0.101. The molecule has 25 heavy (non-hydrogen) atoms. The molecule has 3 rings (SSSR count). The summed E-state index contributed by atoms with van der Waals surface area (Å²) in [6, 6.07) is 13.4. The number of nitrogens with one attached hydrogen (secondary N) is 1. The van der Waals surface area contributed by atoms with Crippen LogP contribution in [0.4, 0.5) is 5.69 Å². The summed E-state index contributed by atoms with van der Waals surface area (Å²) in [6.07, 6.45) is 0. The highest BCUT2D eigenvalue weighted by molar-refractivity contribution is 7.16. The normalized spacial score (nSPS) is 10.5. The van der Waals surface area contributed by atoms with Crippen molar-refractivity contribution in [2.45, 2.75) is 13.5 Å². The van der Waals surface area contributed by atoms with Gasteiger partial charge >= 0.3 is 0 Å². The molecule has 1 aromatic carbocycles. The Morgan fingerprint density at radius 3 is 2.80 bits per heavy atom. The largest absolute Gasteiger partial charge is 0.325 e. The second-order valence-corrected chi connectivity index (χ2v) is 6.69. The summed E-state index contributed by atoms with van der Waals surface area (Å²) in [5, 5.41) is 16.1. The van der Waals surface area contributed by atoms with Gasteiger partial charge in [-0.2, -0.15) is 10.4 Å². The molecule has 1 amide bonds. The molecule has 3 N–H and O–H groups in total. The van der Waals surface area contributed by atoms with Crippen LogP contribution in [0, 0.1) is 18.3 Å². The third kappa shape index (κ3) is 3.45. The Bertz CT molecular complexity index is 980. The summed E-state index contributed by atoms with van der Waals surface area (Å²) in [7, 11) is 1.71. The maximum absolute atomic E-state index is 12.6. The van der Waals surface area contributed by atoms with Crippen LogP contribution in [0.3, 0.4) is 0 Å². The fraction of sp³-hybridized carbons (Fsp3) is 0.167. The molecule has 0 atom stereocenters. The van der Waals surface area contributed by atoms with Crippen LogP contribution in [0.1, 0.15) is 26.6 Å². The molecule has 0 aliphatic carbocycles. The predicted molar refractivity (Wildman–Crippen MR) is 98.3 cm³/mol. The van der Waals surface area contributed by atoms with Crippen molar-refractivity contribution in [2.75, 3.05) is 5.32 Å². The monoisotopic (exact) mass is 351 g/mol. The number of aryl methyl sites for hydroxylation is 2. The van der Waals surface area contributed by atoms with E-state index in [9.17, 15) is 4.79 Å². The van der Waals surface area contributed by atoms with Crippen molar-refractivity contribution in [3.05, 3.63) is 58.2 Å². The first-order chi connectivity index (χ1) is 12.0. The van der Waals surface area contributed by atoms with Crippen LogP contribution in [0.5, 0.6) is 0 Å². The van der Waals surface area contributed by atoms with Gasteiger partial charge in [-0.3, -0.25) is 9.48 Å². The van der Waals surface area contributed by atoms with E-state index < -0.39 is 0 Å². The lowest BCUT2D eigenvalue weighted by Crippen LogP contribution is -2.16. The topological polar surface area (TPSA) is 96.7 Å². The maximum atomic E-state index is 12.6. The summed E-state index contributed by atoms with van der Waals surface area (Å²) in [5.41, 5.74) is 9.34. The van der Waals surface area contributed by atoms with Gasteiger partial charge in [0.15, 0.2) is 0 Å². The molecule has 0 saturated carbocycles. The quantitative estimate of drug-likeness (QED) is 0.755. The summed E-state index contributed by atoms with van der Waals surface area (Å²) >= 11 is 1.42. The zero-order valence-corrected chi connectivity index (χ0v) is 14.7. The summed E-state index contributed by atoms with van der Waals surface area (Å²) in [4.78, 5) is 14.2. The number of carbonyl (C=O) groups excluding carboxylic acids is 1. The minimum Gasteiger partial charge on any atom is -0.325 e. The second kappa shape index (κ2) is 6.89. The van der Waals surface area contributed by atoms with Crippen LogP contribution in [0.25, 0.3) is 10.4 Å². The van der Waals surface area contributed by atoms with Gasteiger partial charge in [-0.1, -0.05) is 12.1 Å². The molecule has 2 heterocycles. The van der Waals surface area contributed by atoms with Gasteiger partial charge in [-0.05, 0) is 42.3 Å². The van der Waals surface area contributed by atoms with Crippen LogP contribution in [0.15, 0.2) is 36.4 Å². The van der Waals surface area contributed by atoms with E-state index in [0.717, 1.165) is 21.7 Å². The Balaban J connectivity index is 1.89. The van der Waals surface area contributed by atoms with Gasteiger partial charge in [0.2, 0.25) is 0 Å². The van der Waals surface area contributed by atoms with Crippen molar-refractivity contribution in [1.29, 1.82) is 5.26 Å². The highest BCUT2D eigenvalue weighted by atomic mass is 32.1. The first-order valence-corrected chi connectivity index (χ1v) is 8.48. The lowest BCUT2D eigenvalue weighted by Gasteiger charge is -2.10. The van der Waals surface area contributed by atoms with Gasteiger partial charge in [0.25, 0.3) is 5.91 Å². The first-order valence-electron chi connectivity index (χ1n) is 7.67. The van der Waals surface area contributed by atoms with E-state index in [1.54, 1.807) is 19.2 Å². The Labute approximate surface area is 149 Å². The average molecular weight is 351 g/mol. The molecule has 7 heteroatoms. The molecule has 0 unspecified atom stereocenters. The van der Waals surface area contributed by atoms with Crippen LogP contribution >= 0.6 is 11.3 Å². The van der Waals surface area contributed by atoms with Crippen LogP contribution in [-0.2, 0) is 13.6 Å². The van der Waals surface area contributed by atoms with Crippen molar-refractivity contribution < 1.29 is 4.79 Å². The zero-order valence-electron chi connectivity index (χ0n) is 13.9. The van der Waals surface area contributed by atoms with Crippen molar-refractivity contribution in [3.63, 3.8) is 0 Å². The second-order valence-electron chi connectivity index (χ2n) is 5.61. The predicted octanol–water partition coefficient (Wildman–Crippen LogP) is 3.04. The molecule has 126 valence electrons. The van der Waals surface area contributed by atoms with Crippen molar-refractivity contribution >= 4 is 22.9 Å². The van der Waals surface area contributed by atoms with E-state index in [4.69, 9.17) is 11.0 Å². The minimum absolute atomic E-state index is 0.237. The van der Waals surface area contributed by atoms with Gasteiger partial charge in [0, 0.05) is 24.2 Å². The van der Waals surface area contributed by atoms with E-state index in [-0.39, 0.29) is 12.5 Å². The fourth-order valence-electron chi connectivity index (χ4n) is 2.49. The molecule has 0 aliphatic rings. The maximum Gasteiger partial charge on any atom is 0.273 e. The fourth-order valence-corrected chi connectivity index (χ4v) is 3.29. The van der Waals surface area contributed by atoms with Crippen LogP contribution in [-0.4, -0.2) is 15.7 Å². The number of hydrogen-bond acceptors (Lipinski definition) is 5. The van der Waals surface area contributed by atoms with Crippen LogP contribution < -0.4 is 11.1 Å². The smallest absolute Gasteiger partial charge is 0.273 e. The highest BCUT2D eigenvalue weighted by Gasteiger charge is 2.14. The van der Waals surface area contributed by atoms with Gasteiger partial charge in [-0.15, -0.1) is 11.3 Å². The minimum atomic E-state index is -0.237. The molecule has 6 nitrogen and oxygen atoms in total. The summed E-state index contributed by atoms with van der Waals surface area (Å²) in [6.45, 7) is 2.22. The summed E-state index contributed by atoms with van der Waals surface area (Å²) in [5.74, 6) is -0.237. The van der Waals surface area contributed by atoms with E-state index in [1.165, 1.54) is 16.0 Å². The van der Waals surface area contributed by atoms with Crippen molar-refractivity contribution in [1.82, 2.24) is 9.78 Å². The molecule has 2 aromatic heterocycles. The Kier molecular flexibility index (Phi) is 4.65. The van der Waals surface area contributed by atoms with Gasteiger partial charge in [0.1, 0.15) is 16.6 Å². The Morgan fingerprint density at radius 2 is 2.16 bits per heavy atom. The number of carbonyl (C=O) groups is 1. The molecular weight excluding hydrogens is 334 g/mol. The number of nitrogens with zero attached hydrogens (tertiary/aromatic N) is 3. The van der Waals surface area contributed by atoms with E-state index in [1.807, 2.05) is 31.2 Å².